The average molecular weight is 398 g/mol. The van der Waals surface area contributed by atoms with Gasteiger partial charge in [-0.05, 0) is 26.7 Å². The largest absolute Gasteiger partial charge is 0.384 e. The molecule has 0 bridgehead atoms. The van der Waals surface area contributed by atoms with Crippen LogP contribution in [0, 0.1) is 5.41 Å². The number of rotatable bonds is 7. The fraction of sp³-hybridized carbons (Fsp3) is 0.778. The first kappa shape index (κ1) is 19.7. The Labute approximate surface area is 161 Å². The van der Waals surface area contributed by atoms with Gasteiger partial charge in [-0.25, -0.2) is 4.79 Å². The number of nitrogens with one attached hydrogen (secondary N) is 1. The second kappa shape index (κ2) is 7.05. The number of H-pyrrole nitrogens is 1. The number of fused-ring (bicyclic) bond motifs is 1. The van der Waals surface area contributed by atoms with E-state index in [0.717, 1.165) is 12.8 Å². The van der Waals surface area contributed by atoms with E-state index in [4.69, 9.17) is 23.7 Å². The molecule has 3 aliphatic rings. The molecule has 0 aromatic carbocycles. The van der Waals surface area contributed by atoms with Crippen molar-refractivity contribution in [2.24, 2.45) is 5.41 Å². The lowest BCUT2D eigenvalue weighted by Crippen LogP contribution is -2.37. The second-order valence-electron chi connectivity index (χ2n) is 8.13. The number of aliphatic hydroxyl groups excluding tert-OH is 1. The van der Waals surface area contributed by atoms with Gasteiger partial charge in [-0.15, -0.1) is 0 Å². The van der Waals surface area contributed by atoms with Crippen molar-refractivity contribution >= 4 is 0 Å². The van der Waals surface area contributed by atoms with Crippen LogP contribution in [0.5, 0.6) is 0 Å². The van der Waals surface area contributed by atoms with Crippen molar-refractivity contribution in [3.05, 3.63) is 33.1 Å². The van der Waals surface area contributed by atoms with E-state index in [1.807, 2.05) is 0 Å². The van der Waals surface area contributed by atoms with Gasteiger partial charge < -0.3 is 28.8 Å². The van der Waals surface area contributed by atoms with E-state index < -0.39 is 47.9 Å². The van der Waals surface area contributed by atoms with Crippen LogP contribution >= 0.6 is 0 Å². The minimum absolute atomic E-state index is 0.0713. The quantitative estimate of drug-likeness (QED) is 0.602. The summed E-state index contributed by atoms with van der Waals surface area (Å²) < 4.78 is 30.0. The highest BCUT2D eigenvalue weighted by Gasteiger charge is 2.57. The van der Waals surface area contributed by atoms with Gasteiger partial charge in [0.05, 0.1) is 13.2 Å². The van der Waals surface area contributed by atoms with Crippen molar-refractivity contribution in [1.29, 1.82) is 0 Å². The molecule has 1 saturated carbocycles. The fourth-order valence-electron chi connectivity index (χ4n) is 3.92. The summed E-state index contributed by atoms with van der Waals surface area (Å²) in [5, 5.41) is 10.4. The van der Waals surface area contributed by atoms with E-state index in [2.05, 4.69) is 4.98 Å². The Kier molecular flexibility index (Phi) is 4.97. The number of aromatic nitrogens is 2. The summed E-state index contributed by atoms with van der Waals surface area (Å²) in [5.74, 6) is -0.853. The van der Waals surface area contributed by atoms with Crippen LogP contribution in [0.2, 0.25) is 0 Å². The standard InChI is InChI=1S/C18H26N2O8/c1-17(2)27-12-10(8-25-15(22)18(5-6-18)9-24-3)26-14(13(12)28-17)20-7-4-11(21)19-16(20)23/h4,7,10,12-15,22H,5-6,8-9H2,1-3H3,(H,19,21,23)/t10-,12-,13-,14-,15?/m1/s1. The lowest BCUT2D eigenvalue weighted by molar-refractivity contribution is -0.219. The highest BCUT2D eigenvalue weighted by molar-refractivity contribution is 5.00. The highest BCUT2D eigenvalue weighted by atomic mass is 16.8. The predicted molar refractivity (Wildman–Crippen MR) is 94.6 cm³/mol. The summed E-state index contributed by atoms with van der Waals surface area (Å²) in [6.07, 6.45) is -0.308. The molecular formula is C18H26N2O8. The van der Waals surface area contributed by atoms with Crippen LogP contribution in [0.3, 0.4) is 0 Å². The van der Waals surface area contributed by atoms with Gasteiger partial charge in [-0.2, -0.15) is 0 Å². The molecule has 28 heavy (non-hydrogen) atoms. The van der Waals surface area contributed by atoms with Crippen LogP contribution in [0.25, 0.3) is 0 Å². The molecule has 2 N–H and O–H groups in total. The van der Waals surface area contributed by atoms with Gasteiger partial charge in [0.1, 0.15) is 18.3 Å². The Morgan fingerprint density at radius 1 is 1.32 bits per heavy atom. The first-order valence-electron chi connectivity index (χ1n) is 9.36. The van der Waals surface area contributed by atoms with Crippen molar-refractivity contribution in [3.63, 3.8) is 0 Å². The second-order valence-corrected chi connectivity index (χ2v) is 8.13. The minimum atomic E-state index is -0.973. The summed E-state index contributed by atoms with van der Waals surface area (Å²) in [7, 11) is 1.59. The molecule has 10 nitrogen and oxygen atoms in total. The lowest BCUT2D eigenvalue weighted by Gasteiger charge is -2.26. The summed E-state index contributed by atoms with van der Waals surface area (Å²) in [6, 6.07) is 1.25. The molecule has 0 amide bonds. The predicted octanol–water partition coefficient (Wildman–Crippen LogP) is -0.284. The third-order valence-electron chi connectivity index (χ3n) is 5.52. The van der Waals surface area contributed by atoms with Crippen molar-refractivity contribution in [2.75, 3.05) is 20.3 Å². The van der Waals surface area contributed by atoms with Crippen molar-refractivity contribution < 1.29 is 28.8 Å². The molecule has 5 atom stereocenters. The number of aliphatic hydroxyl groups is 1. The summed E-state index contributed by atoms with van der Waals surface area (Å²) in [4.78, 5) is 25.8. The Morgan fingerprint density at radius 3 is 2.68 bits per heavy atom. The molecule has 0 radical (unpaired) electrons. The van der Waals surface area contributed by atoms with E-state index in [0.29, 0.717) is 6.61 Å². The molecule has 10 heteroatoms. The summed E-state index contributed by atoms with van der Waals surface area (Å²) in [5.41, 5.74) is -1.45. The van der Waals surface area contributed by atoms with Gasteiger partial charge in [0.2, 0.25) is 0 Å². The molecule has 3 heterocycles. The lowest BCUT2D eigenvalue weighted by atomic mass is 10.1. The van der Waals surface area contributed by atoms with Crippen molar-refractivity contribution in [1.82, 2.24) is 9.55 Å². The van der Waals surface area contributed by atoms with Crippen LogP contribution in [-0.4, -0.2) is 65.4 Å². The maximum atomic E-state index is 12.2. The maximum absolute atomic E-state index is 12.2. The normalized spacial score (nSPS) is 33.6. The van der Waals surface area contributed by atoms with Crippen LogP contribution < -0.4 is 11.2 Å². The Bertz CT molecular complexity index is 829. The third kappa shape index (κ3) is 3.56. The van der Waals surface area contributed by atoms with Gasteiger partial charge in [-0.1, -0.05) is 0 Å². The molecule has 4 rings (SSSR count). The first-order valence-corrected chi connectivity index (χ1v) is 9.36. The van der Waals surface area contributed by atoms with Crippen LogP contribution in [0.1, 0.15) is 32.9 Å². The smallest absolute Gasteiger partial charge is 0.330 e. The number of hydrogen-bond donors (Lipinski definition) is 2. The van der Waals surface area contributed by atoms with E-state index in [1.54, 1.807) is 21.0 Å². The Hall–Kier alpha value is -1.56. The topological polar surface area (TPSA) is 121 Å². The van der Waals surface area contributed by atoms with E-state index >= 15 is 0 Å². The van der Waals surface area contributed by atoms with Crippen molar-refractivity contribution in [3.8, 4) is 0 Å². The van der Waals surface area contributed by atoms with Crippen LogP contribution in [0.15, 0.2) is 21.9 Å². The third-order valence-corrected chi connectivity index (χ3v) is 5.52. The maximum Gasteiger partial charge on any atom is 0.330 e. The monoisotopic (exact) mass is 398 g/mol. The van der Waals surface area contributed by atoms with E-state index in [-0.39, 0.29) is 12.0 Å². The van der Waals surface area contributed by atoms with Gasteiger partial charge in [0, 0.05) is 24.8 Å². The van der Waals surface area contributed by atoms with Crippen LogP contribution in [0.4, 0.5) is 0 Å². The van der Waals surface area contributed by atoms with Gasteiger partial charge >= 0.3 is 5.69 Å². The van der Waals surface area contributed by atoms with E-state index in [9.17, 15) is 14.7 Å². The molecule has 2 saturated heterocycles. The van der Waals surface area contributed by atoms with E-state index in [1.165, 1.54) is 16.8 Å². The zero-order valence-electron chi connectivity index (χ0n) is 16.1. The molecule has 0 spiro atoms. The zero-order chi connectivity index (χ0) is 20.1. The summed E-state index contributed by atoms with van der Waals surface area (Å²) in [6.45, 7) is 4.06. The molecule has 1 unspecified atom stereocenters. The number of hydrogen-bond acceptors (Lipinski definition) is 8. The molecule has 3 fully saturated rings. The Morgan fingerprint density at radius 2 is 2.04 bits per heavy atom. The fourth-order valence-corrected chi connectivity index (χ4v) is 3.92. The van der Waals surface area contributed by atoms with Gasteiger partial charge in [-0.3, -0.25) is 14.3 Å². The molecular weight excluding hydrogens is 372 g/mol. The number of aromatic amines is 1. The highest BCUT2D eigenvalue weighted by Crippen LogP contribution is 2.49. The molecule has 156 valence electrons. The van der Waals surface area contributed by atoms with Gasteiger partial charge in [0.15, 0.2) is 18.3 Å². The molecule has 1 aromatic rings. The first-order chi connectivity index (χ1) is 13.2. The van der Waals surface area contributed by atoms with Crippen molar-refractivity contribution in [2.45, 2.75) is 63.3 Å². The number of ether oxygens (including phenoxy) is 5. The zero-order valence-corrected chi connectivity index (χ0v) is 16.1. The molecule has 1 aliphatic carbocycles. The average Bonchev–Trinajstić information content (AvgIpc) is 3.24. The molecule has 2 aliphatic heterocycles. The minimum Gasteiger partial charge on any atom is -0.384 e. The Balaban J connectivity index is 1.50. The SMILES string of the molecule is COCC1(C(O)OC[C@H]2O[C@@H](n3ccc(=O)[nH]c3=O)[C@@H]3OC(C)(C)O[C@@H]32)CC1. The number of nitrogens with zero attached hydrogens (tertiary/aromatic N) is 1. The van der Waals surface area contributed by atoms with Crippen LogP contribution in [-0.2, 0) is 23.7 Å². The number of methoxy groups -OCH3 is 1. The van der Waals surface area contributed by atoms with Gasteiger partial charge in [0.25, 0.3) is 5.56 Å². The summed E-state index contributed by atoms with van der Waals surface area (Å²) >= 11 is 0. The molecule has 1 aromatic heterocycles.